The van der Waals surface area contributed by atoms with Crippen molar-refractivity contribution in [3.8, 4) is 0 Å². The standard InChI is InChI=1S/C23H25N3O2/c1-2-26-20-11-4-3-9-18(20)15-21(26)23(28)24-19-10-7-8-17(14-19)16-25-13-6-5-12-22(25)27/h3-4,7-11,14-15H,2,5-6,12-13,16H2,1H3,(H,24,28). The lowest BCUT2D eigenvalue weighted by atomic mass is 10.1. The van der Waals surface area contributed by atoms with Crippen molar-refractivity contribution >= 4 is 28.4 Å². The van der Waals surface area contributed by atoms with Crippen molar-refractivity contribution in [1.82, 2.24) is 9.47 Å². The monoisotopic (exact) mass is 375 g/mol. The van der Waals surface area contributed by atoms with Crippen molar-refractivity contribution in [3.63, 3.8) is 0 Å². The van der Waals surface area contributed by atoms with Crippen molar-refractivity contribution in [3.05, 3.63) is 65.9 Å². The van der Waals surface area contributed by atoms with E-state index in [9.17, 15) is 9.59 Å². The van der Waals surface area contributed by atoms with E-state index >= 15 is 0 Å². The van der Waals surface area contributed by atoms with Crippen LogP contribution in [0.3, 0.4) is 0 Å². The molecule has 1 aliphatic rings. The summed E-state index contributed by atoms with van der Waals surface area (Å²) in [6.07, 6.45) is 2.68. The van der Waals surface area contributed by atoms with Crippen LogP contribution in [-0.4, -0.2) is 27.8 Å². The largest absolute Gasteiger partial charge is 0.338 e. The first-order valence-corrected chi connectivity index (χ1v) is 9.92. The highest BCUT2D eigenvalue weighted by Gasteiger charge is 2.18. The van der Waals surface area contributed by atoms with Gasteiger partial charge >= 0.3 is 0 Å². The highest BCUT2D eigenvalue weighted by Crippen LogP contribution is 2.22. The number of nitrogens with one attached hydrogen (secondary N) is 1. The molecule has 1 aliphatic heterocycles. The molecule has 0 bridgehead atoms. The summed E-state index contributed by atoms with van der Waals surface area (Å²) in [5.74, 6) is 0.0948. The molecule has 1 aromatic heterocycles. The fraction of sp³-hybridized carbons (Fsp3) is 0.304. The topological polar surface area (TPSA) is 54.3 Å². The number of aryl methyl sites for hydroxylation is 1. The lowest BCUT2D eigenvalue weighted by Gasteiger charge is -2.26. The number of anilines is 1. The molecule has 1 N–H and O–H groups in total. The van der Waals surface area contributed by atoms with E-state index in [2.05, 4.69) is 5.32 Å². The lowest BCUT2D eigenvalue weighted by Crippen LogP contribution is -2.34. The van der Waals surface area contributed by atoms with Crippen molar-refractivity contribution in [2.75, 3.05) is 11.9 Å². The Balaban J connectivity index is 1.53. The van der Waals surface area contributed by atoms with Crippen LogP contribution in [0.4, 0.5) is 5.69 Å². The molecule has 0 radical (unpaired) electrons. The number of carbonyl (C=O) groups excluding carboxylic acids is 2. The van der Waals surface area contributed by atoms with E-state index in [-0.39, 0.29) is 11.8 Å². The zero-order chi connectivity index (χ0) is 19.5. The maximum absolute atomic E-state index is 12.9. The second kappa shape index (κ2) is 7.89. The predicted octanol–water partition coefficient (Wildman–Crippen LogP) is 4.43. The zero-order valence-corrected chi connectivity index (χ0v) is 16.1. The minimum atomic E-state index is -0.121. The molecular weight excluding hydrogens is 350 g/mol. The van der Waals surface area contributed by atoms with Gasteiger partial charge in [-0.15, -0.1) is 0 Å². The minimum absolute atomic E-state index is 0.121. The fourth-order valence-electron chi connectivity index (χ4n) is 3.93. The first kappa shape index (κ1) is 18.3. The predicted molar refractivity (Wildman–Crippen MR) is 111 cm³/mol. The van der Waals surface area contributed by atoms with Gasteiger partial charge in [-0.3, -0.25) is 9.59 Å². The Morgan fingerprint density at radius 2 is 1.93 bits per heavy atom. The second-order valence-electron chi connectivity index (χ2n) is 7.26. The Morgan fingerprint density at radius 3 is 2.75 bits per heavy atom. The molecule has 144 valence electrons. The lowest BCUT2D eigenvalue weighted by molar-refractivity contribution is -0.133. The van der Waals surface area contributed by atoms with Gasteiger partial charge in [-0.25, -0.2) is 0 Å². The van der Waals surface area contributed by atoms with Crippen LogP contribution in [0.5, 0.6) is 0 Å². The number of carbonyl (C=O) groups is 2. The third-order valence-corrected chi connectivity index (χ3v) is 5.34. The maximum Gasteiger partial charge on any atom is 0.272 e. The molecule has 2 amide bonds. The number of likely N-dealkylation sites (tertiary alicyclic amines) is 1. The summed E-state index contributed by atoms with van der Waals surface area (Å²) < 4.78 is 2.03. The molecule has 2 heterocycles. The van der Waals surface area contributed by atoms with Gasteiger partial charge in [0.25, 0.3) is 5.91 Å². The number of para-hydroxylation sites is 1. The number of hydrogen-bond acceptors (Lipinski definition) is 2. The molecule has 0 saturated carbocycles. The Labute approximate surface area is 165 Å². The summed E-state index contributed by atoms with van der Waals surface area (Å²) in [5.41, 5.74) is 3.50. The van der Waals surface area contributed by atoms with Crippen LogP contribution in [0.25, 0.3) is 10.9 Å². The number of piperidine rings is 1. The molecule has 1 fully saturated rings. The summed E-state index contributed by atoms with van der Waals surface area (Å²) >= 11 is 0. The molecule has 5 nitrogen and oxygen atoms in total. The third kappa shape index (κ3) is 3.65. The van der Waals surface area contributed by atoms with Gasteiger partial charge in [0.2, 0.25) is 5.91 Å². The van der Waals surface area contributed by atoms with Gasteiger partial charge in [0.15, 0.2) is 0 Å². The van der Waals surface area contributed by atoms with Crippen molar-refractivity contribution < 1.29 is 9.59 Å². The first-order valence-electron chi connectivity index (χ1n) is 9.92. The zero-order valence-electron chi connectivity index (χ0n) is 16.1. The van der Waals surface area contributed by atoms with E-state index < -0.39 is 0 Å². The Bertz CT molecular complexity index is 1020. The molecule has 1 saturated heterocycles. The molecule has 0 spiro atoms. The SMILES string of the molecule is CCn1c(C(=O)Nc2cccc(CN3CCCCC3=O)c2)cc2ccccc21. The van der Waals surface area contributed by atoms with Crippen LogP contribution in [0.2, 0.25) is 0 Å². The molecule has 5 heteroatoms. The normalized spacial score (nSPS) is 14.5. The molecule has 0 unspecified atom stereocenters. The highest BCUT2D eigenvalue weighted by atomic mass is 16.2. The molecule has 28 heavy (non-hydrogen) atoms. The second-order valence-corrected chi connectivity index (χ2v) is 7.26. The quantitative estimate of drug-likeness (QED) is 0.717. The summed E-state index contributed by atoms with van der Waals surface area (Å²) in [5, 5.41) is 4.08. The van der Waals surface area contributed by atoms with E-state index in [1.165, 1.54) is 0 Å². The van der Waals surface area contributed by atoms with Crippen LogP contribution >= 0.6 is 0 Å². The van der Waals surface area contributed by atoms with E-state index in [4.69, 9.17) is 0 Å². The van der Waals surface area contributed by atoms with Crippen molar-refractivity contribution in [2.45, 2.75) is 39.3 Å². The average Bonchev–Trinajstić information content (AvgIpc) is 3.09. The van der Waals surface area contributed by atoms with E-state index in [1.807, 2.05) is 71.0 Å². The van der Waals surface area contributed by atoms with Gasteiger partial charge in [0.05, 0.1) is 0 Å². The summed E-state index contributed by atoms with van der Waals surface area (Å²) in [7, 11) is 0. The van der Waals surface area contributed by atoms with Crippen LogP contribution in [0.1, 0.15) is 42.2 Å². The fourth-order valence-corrected chi connectivity index (χ4v) is 3.93. The highest BCUT2D eigenvalue weighted by molar-refractivity contribution is 6.06. The number of nitrogens with zero attached hydrogens (tertiary/aromatic N) is 2. The summed E-state index contributed by atoms with van der Waals surface area (Å²) in [6, 6.07) is 17.7. The summed E-state index contributed by atoms with van der Waals surface area (Å²) in [4.78, 5) is 26.9. The molecular formula is C23H25N3O2. The number of aromatic nitrogens is 1. The van der Waals surface area contributed by atoms with Gasteiger partial charge in [-0.2, -0.15) is 0 Å². The molecule has 2 aromatic carbocycles. The van der Waals surface area contributed by atoms with Crippen LogP contribution < -0.4 is 5.32 Å². The number of rotatable bonds is 5. The molecule has 0 atom stereocenters. The van der Waals surface area contributed by atoms with Gasteiger partial charge in [-0.05, 0) is 49.6 Å². The van der Waals surface area contributed by atoms with Gasteiger partial charge in [0, 0.05) is 42.6 Å². The Kier molecular flexibility index (Phi) is 5.15. The summed E-state index contributed by atoms with van der Waals surface area (Å²) in [6.45, 7) is 4.18. The minimum Gasteiger partial charge on any atom is -0.338 e. The van der Waals surface area contributed by atoms with Crippen LogP contribution in [0, 0.1) is 0 Å². The van der Waals surface area contributed by atoms with Gasteiger partial charge < -0.3 is 14.8 Å². The number of hydrogen-bond donors (Lipinski definition) is 1. The van der Waals surface area contributed by atoms with Crippen molar-refractivity contribution in [1.29, 1.82) is 0 Å². The van der Waals surface area contributed by atoms with E-state index in [0.29, 0.717) is 18.7 Å². The third-order valence-electron chi connectivity index (χ3n) is 5.34. The number of amides is 2. The van der Waals surface area contributed by atoms with E-state index in [1.54, 1.807) is 0 Å². The molecule has 3 aromatic rings. The molecule has 4 rings (SSSR count). The smallest absolute Gasteiger partial charge is 0.272 e. The number of benzene rings is 2. The van der Waals surface area contributed by atoms with Crippen molar-refractivity contribution in [2.24, 2.45) is 0 Å². The molecule has 0 aliphatic carbocycles. The first-order chi connectivity index (χ1) is 13.7. The van der Waals surface area contributed by atoms with Crippen LogP contribution in [0.15, 0.2) is 54.6 Å². The van der Waals surface area contributed by atoms with Crippen LogP contribution in [-0.2, 0) is 17.9 Å². The average molecular weight is 375 g/mol. The van der Waals surface area contributed by atoms with E-state index in [0.717, 1.165) is 48.1 Å². The Morgan fingerprint density at radius 1 is 1.07 bits per heavy atom. The Hall–Kier alpha value is -3.08. The van der Waals surface area contributed by atoms with Gasteiger partial charge in [-0.1, -0.05) is 30.3 Å². The number of fused-ring (bicyclic) bond motifs is 1. The van der Waals surface area contributed by atoms with Gasteiger partial charge in [0.1, 0.15) is 5.69 Å². The maximum atomic E-state index is 12.9.